The Bertz CT molecular complexity index is 959. The highest BCUT2D eigenvalue weighted by atomic mass is 16.6. The molecular formula is C16H15N7O3. The van der Waals surface area contributed by atoms with E-state index in [1.807, 2.05) is 4.90 Å². The lowest BCUT2D eigenvalue weighted by Crippen LogP contribution is -2.37. The molecule has 1 N–H and O–H groups in total. The molecule has 4 rings (SSSR count). The second kappa shape index (κ2) is 6.84. The first-order valence-electron chi connectivity index (χ1n) is 8.02. The van der Waals surface area contributed by atoms with E-state index in [4.69, 9.17) is 4.74 Å². The van der Waals surface area contributed by atoms with Crippen molar-refractivity contribution in [3.63, 3.8) is 0 Å². The van der Waals surface area contributed by atoms with Gasteiger partial charge in [-0.2, -0.15) is 0 Å². The molecule has 1 aliphatic rings. The van der Waals surface area contributed by atoms with Gasteiger partial charge in [-0.05, 0) is 6.07 Å². The molecule has 0 saturated carbocycles. The van der Waals surface area contributed by atoms with Gasteiger partial charge in [0.15, 0.2) is 5.82 Å². The largest absolute Gasteiger partial charge is 0.378 e. The molecule has 0 amide bonds. The van der Waals surface area contributed by atoms with Crippen molar-refractivity contribution in [3.05, 3.63) is 46.9 Å². The van der Waals surface area contributed by atoms with E-state index in [9.17, 15) is 10.1 Å². The summed E-state index contributed by atoms with van der Waals surface area (Å²) in [5.41, 5.74) is 1.68. The summed E-state index contributed by atoms with van der Waals surface area (Å²) in [6, 6.07) is 6.21. The molecule has 10 nitrogen and oxygen atoms in total. The van der Waals surface area contributed by atoms with Crippen LogP contribution in [0.25, 0.3) is 11.0 Å². The Morgan fingerprint density at radius 3 is 2.85 bits per heavy atom. The van der Waals surface area contributed by atoms with Gasteiger partial charge in [0, 0.05) is 30.9 Å². The van der Waals surface area contributed by atoms with Gasteiger partial charge in [-0.25, -0.2) is 19.9 Å². The number of fused-ring (bicyclic) bond motifs is 1. The van der Waals surface area contributed by atoms with Gasteiger partial charge >= 0.3 is 0 Å². The molecule has 3 heterocycles. The summed E-state index contributed by atoms with van der Waals surface area (Å²) in [4.78, 5) is 29.9. The molecule has 2 aromatic heterocycles. The summed E-state index contributed by atoms with van der Waals surface area (Å²) in [5, 5.41) is 14.0. The molecule has 1 fully saturated rings. The van der Waals surface area contributed by atoms with Crippen molar-refractivity contribution in [2.24, 2.45) is 0 Å². The lowest BCUT2D eigenvalue weighted by atomic mass is 10.2. The zero-order valence-corrected chi connectivity index (χ0v) is 13.7. The number of non-ortho nitro benzene ring substituents is 1. The Morgan fingerprint density at radius 1 is 1.19 bits per heavy atom. The highest BCUT2D eigenvalue weighted by Gasteiger charge is 2.16. The van der Waals surface area contributed by atoms with Gasteiger partial charge in [-0.3, -0.25) is 10.1 Å². The number of anilines is 3. The molecule has 1 aromatic carbocycles. The topological polar surface area (TPSA) is 119 Å². The van der Waals surface area contributed by atoms with E-state index in [-0.39, 0.29) is 5.69 Å². The lowest BCUT2D eigenvalue weighted by molar-refractivity contribution is -0.384. The third kappa shape index (κ3) is 3.22. The van der Waals surface area contributed by atoms with Gasteiger partial charge in [0.2, 0.25) is 5.95 Å². The maximum atomic E-state index is 11.0. The fourth-order valence-corrected chi connectivity index (χ4v) is 2.69. The number of nitro groups is 1. The van der Waals surface area contributed by atoms with E-state index in [2.05, 4.69) is 25.3 Å². The summed E-state index contributed by atoms with van der Waals surface area (Å²) < 4.78 is 5.35. The Labute approximate surface area is 148 Å². The van der Waals surface area contributed by atoms with Crippen LogP contribution in [-0.2, 0) is 4.74 Å². The maximum absolute atomic E-state index is 11.0. The quantitative estimate of drug-likeness (QED) is 0.554. The van der Waals surface area contributed by atoms with Gasteiger partial charge in [0.1, 0.15) is 17.4 Å². The van der Waals surface area contributed by atoms with Gasteiger partial charge in [-0.15, -0.1) is 0 Å². The lowest BCUT2D eigenvalue weighted by Gasteiger charge is -2.26. The molecule has 0 bridgehead atoms. The summed E-state index contributed by atoms with van der Waals surface area (Å²) in [6.07, 6.45) is 3.05. The highest BCUT2D eigenvalue weighted by Crippen LogP contribution is 2.25. The second-order valence-electron chi connectivity index (χ2n) is 5.66. The Balaban J connectivity index is 1.70. The maximum Gasteiger partial charge on any atom is 0.271 e. The number of nitro benzene ring substituents is 1. The van der Waals surface area contributed by atoms with Crippen LogP contribution in [0.3, 0.4) is 0 Å². The van der Waals surface area contributed by atoms with E-state index >= 15 is 0 Å². The number of rotatable bonds is 4. The van der Waals surface area contributed by atoms with Crippen molar-refractivity contribution < 1.29 is 9.66 Å². The highest BCUT2D eigenvalue weighted by molar-refractivity contribution is 5.87. The standard InChI is InChI=1S/C16H15N7O3/c24-23(25)12-3-1-2-11(8-12)20-15-14-13(18-10-19-15)9-17-16(21-14)22-4-6-26-7-5-22/h1-3,8-10H,4-7H2,(H,18,19,20). The molecule has 26 heavy (non-hydrogen) atoms. The number of aromatic nitrogens is 4. The summed E-state index contributed by atoms with van der Waals surface area (Å²) >= 11 is 0. The normalized spacial score (nSPS) is 14.4. The first kappa shape index (κ1) is 16.1. The van der Waals surface area contributed by atoms with Gasteiger partial charge in [-0.1, -0.05) is 6.07 Å². The smallest absolute Gasteiger partial charge is 0.271 e. The minimum Gasteiger partial charge on any atom is -0.378 e. The van der Waals surface area contributed by atoms with Crippen LogP contribution >= 0.6 is 0 Å². The SMILES string of the molecule is O=[N+]([O-])c1cccc(Nc2ncnc3cnc(N4CCOCC4)nc23)c1. The average Bonchev–Trinajstić information content (AvgIpc) is 2.69. The van der Waals surface area contributed by atoms with Crippen LogP contribution < -0.4 is 10.2 Å². The van der Waals surface area contributed by atoms with Crippen LogP contribution in [0.5, 0.6) is 0 Å². The minimum absolute atomic E-state index is 0.00278. The van der Waals surface area contributed by atoms with Crippen LogP contribution in [0.15, 0.2) is 36.8 Å². The fourth-order valence-electron chi connectivity index (χ4n) is 2.69. The van der Waals surface area contributed by atoms with Crippen molar-refractivity contribution in [1.82, 2.24) is 19.9 Å². The molecule has 1 saturated heterocycles. The summed E-state index contributed by atoms with van der Waals surface area (Å²) in [5.74, 6) is 1.05. The first-order chi connectivity index (χ1) is 12.7. The zero-order chi connectivity index (χ0) is 17.9. The van der Waals surface area contributed by atoms with Crippen LogP contribution in [0.1, 0.15) is 0 Å². The molecular weight excluding hydrogens is 338 g/mol. The van der Waals surface area contributed by atoms with Gasteiger partial charge in [0.25, 0.3) is 5.69 Å². The van der Waals surface area contributed by atoms with E-state index in [1.165, 1.54) is 18.5 Å². The molecule has 10 heteroatoms. The number of nitrogens with zero attached hydrogens (tertiary/aromatic N) is 6. The molecule has 132 valence electrons. The van der Waals surface area contributed by atoms with Crippen molar-refractivity contribution in [1.29, 1.82) is 0 Å². The van der Waals surface area contributed by atoms with Gasteiger partial charge in [0.05, 0.1) is 24.3 Å². The Morgan fingerprint density at radius 2 is 2.04 bits per heavy atom. The van der Waals surface area contributed by atoms with Crippen LogP contribution in [-0.4, -0.2) is 51.2 Å². The number of nitrogens with one attached hydrogen (secondary N) is 1. The van der Waals surface area contributed by atoms with Crippen molar-refractivity contribution in [2.75, 3.05) is 36.5 Å². The number of benzene rings is 1. The third-order valence-electron chi connectivity index (χ3n) is 3.98. The van der Waals surface area contributed by atoms with Crippen LogP contribution in [0, 0.1) is 10.1 Å². The van der Waals surface area contributed by atoms with E-state index in [1.54, 1.807) is 18.3 Å². The van der Waals surface area contributed by atoms with Crippen molar-refractivity contribution in [2.45, 2.75) is 0 Å². The molecule has 0 unspecified atom stereocenters. The number of morpholine rings is 1. The number of hydrogen-bond acceptors (Lipinski definition) is 9. The van der Waals surface area contributed by atoms with Crippen LogP contribution in [0.2, 0.25) is 0 Å². The summed E-state index contributed by atoms with van der Waals surface area (Å²) in [6.45, 7) is 2.69. The molecule has 3 aromatic rings. The Kier molecular flexibility index (Phi) is 4.23. The number of ether oxygens (including phenoxy) is 1. The third-order valence-corrected chi connectivity index (χ3v) is 3.98. The predicted molar refractivity (Wildman–Crippen MR) is 94.5 cm³/mol. The predicted octanol–water partition coefficient (Wildman–Crippen LogP) is 1.91. The fraction of sp³-hybridized carbons (Fsp3) is 0.250. The molecule has 0 atom stereocenters. The van der Waals surface area contributed by atoms with E-state index in [0.29, 0.717) is 54.8 Å². The minimum atomic E-state index is -0.442. The second-order valence-corrected chi connectivity index (χ2v) is 5.66. The number of hydrogen-bond donors (Lipinski definition) is 1. The zero-order valence-electron chi connectivity index (χ0n) is 13.7. The molecule has 0 radical (unpaired) electrons. The monoisotopic (exact) mass is 353 g/mol. The molecule has 1 aliphatic heterocycles. The van der Waals surface area contributed by atoms with Crippen molar-refractivity contribution in [3.8, 4) is 0 Å². The van der Waals surface area contributed by atoms with Gasteiger partial charge < -0.3 is 15.0 Å². The first-order valence-corrected chi connectivity index (χ1v) is 8.02. The van der Waals surface area contributed by atoms with Crippen molar-refractivity contribution >= 4 is 34.2 Å². The van der Waals surface area contributed by atoms with E-state index < -0.39 is 4.92 Å². The Hall–Kier alpha value is -3.40. The molecule has 0 spiro atoms. The van der Waals surface area contributed by atoms with Crippen LogP contribution in [0.4, 0.5) is 23.1 Å². The van der Waals surface area contributed by atoms with E-state index in [0.717, 1.165) is 0 Å². The average molecular weight is 353 g/mol. The molecule has 0 aliphatic carbocycles. The summed E-state index contributed by atoms with van der Waals surface area (Å²) in [7, 11) is 0.